The van der Waals surface area contributed by atoms with Gasteiger partial charge in [-0.05, 0) is 35.7 Å². The van der Waals surface area contributed by atoms with Crippen LogP contribution in [0, 0.1) is 0 Å². The van der Waals surface area contributed by atoms with Crippen LogP contribution >= 0.6 is 58.9 Å². The molecule has 0 amide bonds. The van der Waals surface area contributed by atoms with Crippen LogP contribution in [0.5, 0.6) is 10.4 Å². The van der Waals surface area contributed by atoms with Gasteiger partial charge in [-0.15, -0.1) is 23.5 Å². The third kappa shape index (κ3) is 17.9. The molecular weight excluding hydrogens is 461 g/mol. The molecule has 0 N–H and O–H groups in total. The molecule has 0 fully saturated rings. The topological polar surface area (TPSA) is 44.2 Å². The average molecular weight is 499 g/mol. The Balaban J connectivity index is 1.88. The fourth-order valence-electron chi connectivity index (χ4n) is 2.57. The van der Waals surface area contributed by atoms with Gasteiger partial charge < -0.3 is 8.37 Å². The molecule has 0 radical (unpaired) electrons. The predicted octanol–water partition coefficient (Wildman–Crippen LogP) is 8.69. The van der Waals surface area contributed by atoms with Crippen LogP contribution in [0.25, 0.3) is 0 Å². The van der Waals surface area contributed by atoms with E-state index in [1.165, 1.54) is 124 Å². The minimum atomic E-state index is 0.575. The SMILES string of the molecule is CCCCCCCCSCSOc1nnc(OSCSCCCCCCCC)s1. The van der Waals surface area contributed by atoms with E-state index in [0.717, 1.165) is 10.2 Å². The van der Waals surface area contributed by atoms with Crippen LogP contribution in [0.2, 0.25) is 0 Å². The number of nitrogens with zero attached hydrogens (tertiary/aromatic N) is 2. The molecule has 1 heterocycles. The van der Waals surface area contributed by atoms with E-state index in [9.17, 15) is 0 Å². The molecule has 1 rings (SSSR count). The Bertz CT molecular complexity index is 427. The van der Waals surface area contributed by atoms with Crippen molar-refractivity contribution >= 4 is 58.9 Å². The van der Waals surface area contributed by atoms with Gasteiger partial charge >= 0.3 is 10.4 Å². The Labute approximate surface area is 199 Å². The average Bonchev–Trinajstić information content (AvgIpc) is 3.18. The highest BCUT2D eigenvalue weighted by atomic mass is 32.2. The van der Waals surface area contributed by atoms with Crippen molar-refractivity contribution in [3.05, 3.63) is 0 Å². The fourth-order valence-corrected chi connectivity index (χ4v) is 6.40. The Morgan fingerprint density at radius 2 is 1.03 bits per heavy atom. The van der Waals surface area contributed by atoms with Gasteiger partial charge in [0.2, 0.25) is 0 Å². The molecule has 29 heavy (non-hydrogen) atoms. The van der Waals surface area contributed by atoms with Crippen molar-refractivity contribution in [3.63, 3.8) is 0 Å². The Hall–Kier alpha value is 0.560. The Morgan fingerprint density at radius 3 is 1.48 bits per heavy atom. The summed E-state index contributed by atoms with van der Waals surface area (Å²) in [6.07, 6.45) is 16.2. The fraction of sp³-hybridized carbons (Fsp3) is 0.900. The molecule has 1 aromatic rings. The van der Waals surface area contributed by atoms with E-state index in [0.29, 0.717) is 10.4 Å². The monoisotopic (exact) mass is 498 g/mol. The zero-order valence-electron chi connectivity index (χ0n) is 18.1. The summed E-state index contributed by atoms with van der Waals surface area (Å²) in [4.78, 5) is 0. The number of rotatable bonds is 22. The van der Waals surface area contributed by atoms with Crippen molar-refractivity contribution in [2.45, 2.75) is 90.9 Å². The summed E-state index contributed by atoms with van der Waals surface area (Å²) in [5.74, 6) is 2.42. The van der Waals surface area contributed by atoms with Crippen LogP contribution in [0.15, 0.2) is 0 Å². The van der Waals surface area contributed by atoms with Gasteiger partial charge in [0.25, 0.3) is 0 Å². The van der Waals surface area contributed by atoms with E-state index in [-0.39, 0.29) is 0 Å². The molecule has 4 nitrogen and oxygen atoms in total. The summed E-state index contributed by atoms with van der Waals surface area (Å²) in [5.41, 5.74) is 0. The second kappa shape index (κ2) is 21.8. The maximum Gasteiger partial charge on any atom is 0.309 e. The van der Waals surface area contributed by atoms with E-state index >= 15 is 0 Å². The molecule has 0 saturated heterocycles. The second-order valence-electron chi connectivity index (χ2n) is 6.82. The lowest BCUT2D eigenvalue weighted by Crippen LogP contribution is -1.86. The number of hydrogen-bond donors (Lipinski definition) is 0. The number of hydrogen-bond acceptors (Lipinski definition) is 9. The third-order valence-corrected chi connectivity index (χ3v) is 8.90. The molecule has 0 saturated carbocycles. The van der Waals surface area contributed by atoms with Crippen LogP contribution < -0.4 is 8.37 Å². The van der Waals surface area contributed by atoms with Crippen molar-refractivity contribution in [1.82, 2.24) is 10.2 Å². The van der Waals surface area contributed by atoms with Crippen LogP contribution in [0.1, 0.15) is 90.9 Å². The van der Waals surface area contributed by atoms with E-state index in [4.69, 9.17) is 8.37 Å². The van der Waals surface area contributed by atoms with E-state index in [2.05, 4.69) is 24.0 Å². The van der Waals surface area contributed by atoms with Gasteiger partial charge in [0.15, 0.2) is 0 Å². The van der Waals surface area contributed by atoms with Crippen LogP contribution in [0.3, 0.4) is 0 Å². The molecule has 0 spiro atoms. The predicted molar refractivity (Wildman–Crippen MR) is 138 cm³/mol. The highest BCUT2D eigenvalue weighted by Crippen LogP contribution is 2.30. The molecule has 170 valence electrons. The van der Waals surface area contributed by atoms with E-state index in [1.54, 1.807) is 0 Å². The van der Waals surface area contributed by atoms with Gasteiger partial charge in [-0.2, -0.15) is 0 Å². The summed E-state index contributed by atoms with van der Waals surface area (Å²) in [6.45, 7) is 4.52. The molecular formula is C20H38N2O2S5. The maximum atomic E-state index is 5.59. The van der Waals surface area contributed by atoms with Crippen LogP contribution in [-0.2, 0) is 0 Å². The summed E-state index contributed by atoms with van der Waals surface area (Å²) in [5, 5.41) is 11.1. The second-order valence-corrected chi connectivity index (χ2v) is 12.0. The highest BCUT2D eigenvalue weighted by Gasteiger charge is 2.07. The van der Waals surface area contributed by atoms with E-state index in [1.807, 2.05) is 23.5 Å². The summed E-state index contributed by atoms with van der Waals surface area (Å²) >= 11 is 8.10. The van der Waals surface area contributed by atoms with E-state index < -0.39 is 0 Å². The van der Waals surface area contributed by atoms with Crippen molar-refractivity contribution in [1.29, 1.82) is 0 Å². The van der Waals surface area contributed by atoms with Crippen LogP contribution in [0.4, 0.5) is 0 Å². The quantitative estimate of drug-likeness (QED) is 0.0893. The van der Waals surface area contributed by atoms with Gasteiger partial charge in [0.05, 0.1) is 34.3 Å². The first-order chi connectivity index (χ1) is 14.4. The molecule has 0 aliphatic carbocycles. The molecule has 0 bridgehead atoms. The van der Waals surface area contributed by atoms with Gasteiger partial charge in [-0.25, -0.2) is 0 Å². The molecule has 0 aliphatic rings. The lowest BCUT2D eigenvalue weighted by Gasteiger charge is -2.02. The van der Waals surface area contributed by atoms with Crippen molar-refractivity contribution in [2.24, 2.45) is 0 Å². The Morgan fingerprint density at radius 1 is 0.621 bits per heavy atom. The number of thioether (sulfide) groups is 2. The maximum absolute atomic E-state index is 5.59. The van der Waals surface area contributed by atoms with Crippen molar-refractivity contribution in [3.8, 4) is 10.4 Å². The summed E-state index contributed by atoms with van der Waals surface area (Å²) < 4.78 is 11.2. The molecule has 0 aromatic carbocycles. The largest absolute Gasteiger partial charge is 0.394 e. The van der Waals surface area contributed by atoms with Crippen molar-refractivity contribution < 1.29 is 8.37 Å². The lowest BCUT2D eigenvalue weighted by atomic mass is 10.1. The first kappa shape index (κ1) is 27.6. The molecule has 0 aliphatic heterocycles. The normalized spacial score (nSPS) is 11.1. The minimum Gasteiger partial charge on any atom is -0.394 e. The molecule has 1 aromatic heterocycles. The summed E-state index contributed by atoms with van der Waals surface area (Å²) in [6, 6.07) is 0. The molecule has 9 heteroatoms. The Kier molecular flexibility index (Phi) is 20.7. The number of aromatic nitrogens is 2. The highest BCUT2D eigenvalue weighted by molar-refractivity contribution is 8.14. The summed E-state index contributed by atoms with van der Waals surface area (Å²) in [7, 11) is 0. The van der Waals surface area contributed by atoms with Gasteiger partial charge in [-0.3, -0.25) is 0 Å². The molecule has 0 unspecified atom stereocenters. The van der Waals surface area contributed by atoms with Crippen molar-refractivity contribution in [2.75, 3.05) is 21.7 Å². The smallest absolute Gasteiger partial charge is 0.309 e. The van der Waals surface area contributed by atoms with Crippen LogP contribution in [-0.4, -0.2) is 31.9 Å². The zero-order valence-corrected chi connectivity index (χ0v) is 22.1. The minimum absolute atomic E-state index is 0.575. The van der Waals surface area contributed by atoms with Gasteiger partial charge in [0.1, 0.15) is 0 Å². The molecule has 0 atom stereocenters. The lowest BCUT2D eigenvalue weighted by molar-refractivity contribution is 0.609. The third-order valence-electron chi connectivity index (χ3n) is 4.20. The van der Waals surface area contributed by atoms with Gasteiger partial charge in [-0.1, -0.05) is 88.3 Å². The van der Waals surface area contributed by atoms with Gasteiger partial charge in [0, 0.05) is 0 Å². The standard InChI is InChI=1S/C20H38N2O2S5/c1-3-5-7-9-11-13-15-25-17-27-23-19-21-22-20(29-19)24-28-18-26-16-14-12-10-8-6-4-2/h3-18H2,1-2H3. The first-order valence-corrected chi connectivity index (χ1v) is 15.9. The first-order valence-electron chi connectivity index (χ1n) is 10.9. The number of unbranched alkanes of at least 4 members (excludes halogenated alkanes) is 10. The zero-order chi connectivity index (χ0) is 20.8.